The molecule has 0 saturated carbocycles. The Hall–Kier alpha value is -1.49. The monoisotopic (exact) mass is 320 g/mol. The minimum absolute atomic E-state index is 0.278. The Morgan fingerprint density at radius 3 is 2.65 bits per heavy atom. The average Bonchev–Trinajstić information content (AvgIpc) is 3.22. The van der Waals surface area contributed by atoms with E-state index < -0.39 is 0 Å². The Morgan fingerprint density at radius 2 is 2.04 bits per heavy atom. The molecule has 2 heterocycles. The van der Waals surface area contributed by atoms with Gasteiger partial charge in [0.05, 0.1) is 6.04 Å². The van der Waals surface area contributed by atoms with Crippen LogP contribution in [-0.4, -0.2) is 44.1 Å². The van der Waals surface area contributed by atoms with Gasteiger partial charge < -0.3 is 15.1 Å². The quantitative estimate of drug-likeness (QED) is 0.439. The summed E-state index contributed by atoms with van der Waals surface area (Å²) in [5, 5.41) is 6.86. The van der Waals surface area contributed by atoms with Crippen LogP contribution in [0.1, 0.15) is 56.6 Å². The van der Waals surface area contributed by atoms with Gasteiger partial charge in [0.15, 0.2) is 5.96 Å². The van der Waals surface area contributed by atoms with Crippen LogP contribution in [0.4, 0.5) is 0 Å². The normalized spacial score (nSPS) is 17.4. The lowest BCUT2D eigenvalue weighted by Gasteiger charge is -2.26. The van der Waals surface area contributed by atoms with Crippen molar-refractivity contribution in [3.8, 4) is 0 Å². The summed E-state index contributed by atoms with van der Waals surface area (Å²) >= 11 is 0. The number of aliphatic imine (C=N–C) groups is 1. The molecule has 5 heteroatoms. The Morgan fingerprint density at radius 1 is 1.26 bits per heavy atom. The van der Waals surface area contributed by atoms with Gasteiger partial charge >= 0.3 is 0 Å². The van der Waals surface area contributed by atoms with Crippen molar-refractivity contribution in [1.82, 2.24) is 15.5 Å². The second-order valence-electron chi connectivity index (χ2n) is 6.29. The van der Waals surface area contributed by atoms with Gasteiger partial charge in [-0.05, 0) is 51.4 Å². The van der Waals surface area contributed by atoms with E-state index in [0.717, 1.165) is 43.7 Å². The molecule has 0 spiro atoms. The van der Waals surface area contributed by atoms with Gasteiger partial charge in [0, 0.05) is 20.1 Å². The zero-order chi connectivity index (χ0) is 16.5. The van der Waals surface area contributed by atoms with Gasteiger partial charge in [-0.3, -0.25) is 9.89 Å². The van der Waals surface area contributed by atoms with Gasteiger partial charge in [0.2, 0.25) is 0 Å². The van der Waals surface area contributed by atoms with Gasteiger partial charge in [-0.25, -0.2) is 0 Å². The third-order valence-corrected chi connectivity index (χ3v) is 4.43. The van der Waals surface area contributed by atoms with Crippen molar-refractivity contribution >= 4 is 5.96 Å². The molecular weight excluding hydrogens is 288 g/mol. The number of nitrogens with one attached hydrogen (secondary N) is 2. The molecule has 1 aliphatic heterocycles. The van der Waals surface area contributed by atoms with Crippen LogP contribution in [0.2, 0.25) is 0 Å². The molecule has 0 radical (unpaired) electrons. The number of rotatable bonds is 8. The molecule has 1 aromatic heterocycles. The highest BCUT2D eigenvalue weighted by Crippen LogP contribution is 2.26. The minimum Gasteiger partial charge on any atom is -0.465 e. The summed E-state index contributed by atoms with van der Waals surface area (Å²) in [6, 6.07) is 4.44. The number of furan rings is 1. The summed E-state index contributed by atoms with van der Waals surface area (Å²) < 4.78 is 5.90. The maximum atomic E-state index is 5.90. The fraction of sp³-hybridized carbons (Fsp3) is 0.722. The van der Waals surface area contributed by atoms with Crippen LogP contribution in [0, 0.1) is 6.92 Å². The number of aryl methyl sites for hydroxylation is 1. The second-order valence-corrected chi connectivity index (χ2v) is 6.29. The maximum absolute atomic E-state index is 5.90. The van der Waals surface area contributed by atoms with Crippen LogP contribution < -0.4 is 10.6 Å². The lowest BCUT2D eigenvalue weighted by atomic mass is 10.2. The first-order valence-corrected chi connectivity index (χ1v) is 8.99. The standard InChI is InChI=1S/C18H32N4O/c1-4-5-6-11-20-18(19-3)21-14-16(22-12-7-8-13-22)17-10-9-15(2)23-17/h9-10,16H,4-8,11-14H2,1-3H3,(H2,19,20,21). The molecule has 1 aromatic rings. The van der Waals surface area contributed by atoms with E-state index in [1.807, 2.05) is 14.0 Å². The molecule has 0 bridgehead atoms. The number of hydrogen-bond acceptors (Lipinski definition) is 3. The zero-order valence-corrected chi connectivity index (χ0v) is 14.9. The van der Waals surface area contributed by atoms with Gasteiger partial charge in [0.1, 0.15) is 11.5 Å². The van der Waals surface area contributed by atoms with Gasteiger partial charge in [-0.15, -0.1) is 0 Å². The molecule has 1 fully saturated rings. The third kappa shape index (κ3) is 5.57. The molecule has 1 saturated heterocycles. The molecule has 0 amide bonds. The fourth-order valence-electron chi connectivity index (χ4n) is 3.09. The number of guanidine groups is 1. The SMILES string of the molecule is CCCCCNC(=NC)NCC(c1ccc(C)o1)N1CCCC1. The van der Waals surface area contributed by atoms with Crippen LogP contribution in [0.25, 0.3) is 0 Å². The Kier molecular flexibility index (Phi) is 7.46. The van der Waals surface area contributed by atoms with Crippen LogP contribution >= 0.6 is 0 Å². The summed E-state index contributed by atoms with van der Waals surface area (Å²) in [5.41, 5.74) is 0. The number of likely N-dealkylation sites (tertiary alicyclic amines) is 1. The van der Waals surface area contributed by atoms with E-state index in [0.29, 0.717) is 0 Å². The van der Waals surface area contributed by atoms with Crippen LogP contribution in [0.5, 0.6) is 0 Å². The molecule has 5 nitrogen and oxygen atoms in total. The molecule has 2 N–H and O–H groups in total. The molecular formula is C18H32N4O. The van der Waals surface area contributed by atoms with E-state index in [1.165, 1.54) is 32.1 Å². The minimum atomic E-state index is 0.278. The number of hydrogen-bond donors (Lipinski definition) is 2. The Bertz CT molecular complexity index is 477. The highest BCUT2D eigenvalue weighted by Gasteiger charge is 2.26. The van der Waals surface area contributed by atoms with E-state index in [9.17, 15) is 0 Å². The van der Waals surface area contributed by atoms with E-state index in [1.54, 1.807) is 0 Å². The fourth-order valence-corrected chi connectivity index (χ4v) is 3.09. The predicted octanol–water partition coefficient (Wildman–Crippen LogP) is 3.08. The van der Waals surface area contributed by atoms with E-state index >= 15 is 0 Å². The molecule has 1 atom stereocenters. The lowest BCUT2D eigenvalue weighted by molar-refractivity contribution is 0.213. The topological polar surface area (TPSA) is 52.8 Å². The first-order valence-electron chi connectivity index (χ1n) is 8.99. The van der Waals surface area contributed by atoms with Crippen molar-refractivity contribution in [2.24, 2.45) is 4.99 Å². The van der Waals surface area contributed by atoms with Crippen molar-refractivity contribution < 1.29 is 4.42 Å². The summed E-state index contributed by atoms with van der Waals surface area (Å²) in [6.07, 6.45) is 6.24. The van der Waals surface area contributed by atoms with E-state index in [4.69, 9.17) is 4.42 Å². The van der Waals surface area contributed by atoms with Crippen molar-refractivity contribution in [3.63, 3.8) is 0 Å². The molecule has 0 aromatic carbocycles. The predicted molar refractivity (Wildman–Crippen MR) is 95.9 cm³/mol. The summed E-state index contributed by atoms with van der Waals surface area (Å²) in [4.78, 5) is 6.84. The average molecular weight is 320 g/mol. The summed E-state index contributed by atoms with van der Waals surface area (Å²) in [5.74, 6) is 2.91. The first kappa shape index (κ1) is 17.9. The van der Waals surface area contributed by atoms with Crippen LogP contribution in [0.3, 0.4) is 0 Å². The Balaban J connectivity index is 1.89. The summed E-state index contributed by atoms with van der Waals surface area (Å²) in [6.45, 7) is 8.32. The third-order valence-electron chi connectivity index (χ3n) is 4.43. The van der Waals surface area contributed by atoms with E-state index in [2.05, 4.69) is 39.6 Å². The molecule has 130 valence electrons. The second kappa shape index (κ2) is 9.60. The van der Waals surface area contributed by atoms with Gasteiger partial charge in [-0.2, -0.15) is 0 Å². The van der Waals surface area contributed by atoms with Crippen LogP contribution in [-0.2, 0) is 0 Å². The number of unbranched alkanes of at least 4 members (excludes halogenated alkanes) is 2. The highest BCUT2D eigenvalue weighted by atomic mass is 16.3. The molecule has 23 heavy (non-hydrogen) atoms. The van der Waals surface area contributed by atoms with E-state index in [-0.39, 0.29) is 6.04 Å². The molecule has 0 aliphatic carbocycles. The first-order chi connectivity index (χ1) is 11.2. The van der Waals surface area contributed by atoms with Gasteiger partial charge in [0.25, 0.3) is 0 Å². The smallest absolute Gasteiger partial charge is 0.191 e. The van der Waals surface area contributed by atoms with Crippen molar-refractivity contribution in [2.75, 3.05) is 33.2 Å². The lowest BCUT2D eigenvalue weighted by Crippen LogP contribution is -2.42. The van der Waals surface area contributed by atoms with Crippen molar-refractivity contribution in [2.45, 2.75) is 52.0 Å². The highest BCUT2D eigenvalue weighted by molar-refractivity contribution is 5.79. The van der Waals surface area contributed by atoms with Crippen molar-refractivity contribution in [1.29, 1.82) is 0 Å². The summed E-state index contributed by atoms with van der Waals surface area (Å²) in [7, 11) is 1.83. The molecule has 1 aliphatic rings. The largest absolute Gasteiger partial charge is 0.465 e. The Labute approximate surface area is 140 Å². The maximum Gasteiger partial charge on any atom is 0.191 e. The number of nitrogens with zero attached hydrogens (tertiary/aromatic N) is 2. The van der Waals surface area contributed by atoms with Crippen molar-refractivity contribution in [3.05, 3.63) is 23.7 Å². The zero-order valence-electron chi connectivity index (χ0n) is 14.9. The molecule has 2 rings (SSSR count). The molecule has 1 unspecified atom stereocenters. The van der Waals surface area contributed by atoms with Gasteiger partial charge in [-0.1, -0.05) is 19.8 Å². The van der Waals surface area contributed by atoms with Crippen LogP contribution in [0.15, 0.2) is 21.5 Å².